The van der Waals surface area contributed by atoms with Crippen LogP contribution >= 0.6 is 11.6 Å². The van der Waals surface area contributed by atoms with Crippen molar-refractivity contribution in [1.82, 2.24) is 9.62 Å². The summed E-state index contributed by atoms with van der Waals surface area (Å²) in [5, 5.41) is 3.53. The van der Waals surface area contributed by atoms with E-state index in [1.165, 1.54) is 10.4 Å². The van der Waals surface area contributed by atoms with Crippen molar-refractivity contribution in [3.63, 3.8) is 0 Å². The smallest absolute Gasteiger partial charge is 0.246 e. The predicted octanol–water partition coefficient (Wildman–Crippen LogP) is 1.74. The Hall–Kier alpha value is -0.860. The molecule has 0 bridgehead atoms. The zero-order chi connectivity index (χ0) is 17.0. The Morgan fingerprint density at radius 3 is 2.83 bits per heavy atom. The van der Waals surface area contributed by atoms with E-state index < -0.39 is 10.0 Å². The van der Waals surface area contributed by atoms with Crippen molar-refractivity contribution in [3.05, 3.63) is 23.2 Å². The first-order valence-corrected chi connectivity index (χ1v) is 9.32. The van der Waals surface area contributed by atoms with Crippen LogP contribution in [0.2, 0.25) is 5.02 Å². The Balaban J connectivity index is 2.33. The Bertz CT molecular complexity index is 632. The lowest BCUT2D eigenvalue weighted by Gasteiger charge is -2.25. The first-order chi connectivity index (χ1) is 10.9. The average molecular weight is 363 g/mol. The summed E-state index contributed by atoms with van der Waals surface area (Å²) in [6.07, 6.45) is 0.514. The maximum Gasteiger partial charge on any atom is 0.246 e. The van der Waals surface area contributed by atoms with Crippen LogP contribution in [-0.2, 0) is 14.8 Å². The van der Waals surface area contributed by atoms with Crippen LogP contribution in [0, 0.1) is 0 Å². The maximum absolute atomic E-state index is 13.0. The molecule has 0 aliphatic carbocycles. The molecule has 0 radical (unpaired) electrons. The monoisotopic (exact) mass is 362 g/mol. The Kier molecular flexibility index (Phi) is 6.27. The number of hydrogen-bond acceptors (Lipinski definition) is 5. The molecule has 6 nitrogen and oxygen atoms in total. The van der Waals surface area contributed by atoms with E-state index in [4.69, 9.17) is 21.1 Å². The standard InChI is InChI=1S/C15H23ClN2O4S/c1-11(10-21-3)22-14-5-4-12(16)8-15(14)23(19,20)18(2)13-6-7-17-9-13/h4-5,8,11,13,17H,6-7,9-10H2,1-3H3. The van der Waals surface area contributed by atoms with Crippen LogP contribution in [-0.4, -0.2) is 58.7 Å². The van der Waals surface area contributed by atoms with Crippen LogP contribution in [0.4, 0.5) is 0 Å². The number of benzene rings is 1. The quantitative estimate of drug-likeness (QED) is 0.800. The molecule has 1 aromatic carbocycles. The van der Waals surface area contributed by atoms with Crippen LogP contribution < -0.4 is 10.1 Å². The fourth-order valence-electron chi connectivity index (χ4n) is 2.57. The molecule has 1 heterocycles. The van der Waals surface area contributed by atoms with Gasteiger partial charge in [-0.3, -0.25) is 0 Å². The molecular formula is C15H23ClN2O4S. The minimum Gasteiger partial charge on any atom is -0.487 e. The van der Waals surface area contributed by atoms with Crippen molar-refractivity contribution in [1.29, 1.82) is 0 Å². The fourth-order valence-corrected chi connectivity index (χ4v) is 4.33. The molecule has 23 heavy (non-hydrogen) atoms. The maximum atomic E-state index is 13.0. The lowest BCUT2D eigenvalue weighted by atomic mass is 10.3. The van der Waals surface area contributed by atoms with Crippen molar-refractivity contribution in [3.8, 4) is 5.75 Å². The summed E-state index contributed by atoms with van der Waals surface area (Å²) in [5.74, 6) is 0.289. The van der Waals surface area contributed by atoms with Gasteiger partial charge in [-0.2, -0.15) is 4.31 Å². The van der Waals surface area contributed by atoms with E-state index in [1.54, 1.807) is 26.3 Å². The zero-order valence-corrected chi connectivity index (χ0v) is 15.2. The topological polar surface area (TPSA) is 67.9 Å². The number of halogens is 1. The van der Waals surface area contributed by atoms with E-state index in [1.807, 2.05) is 6.92 Å². The van der Waals surface area contributed by atoms with Gasteiger partial charge in [-0.05, 0) is 38.1 Å². The third-order valence-corrected chi connectivity index (χ3v) is 6.01. The molecule has 1 aliphatic rings. The van der Waals surface area contributed by atoms with Crippen LogP contribution in [0.5, 0.6) is 5.75 Å². The van der Waals surface area contributed by atoms with Gasteiger partial charge in [0.15, 0.2) is 0 Å². The van der Waals surface area contributed by atoms with Gasteiger partial charge in [0.25, 0.3) is 0 Å². The molecule has 0 saturated carbocycles. The fraction of sp³-hybridized carbons (Fsp3) is 0.600. The first-order valence-electron chi connectivity index (χ1n) is 7.50. The lowest BCUT2D eigenvalue weighted by molar-refractivity contribution is 0.0900. The SMILES string of the molecule is COCC(C)Oc1ccc(Cl)cc1S(=O)(=O)N(C)C1CCNC1. The minimum atomic E-state index is -3.69. The van der Waals surface area contributed by atoms with Crippen LogP contribution in [0.25, 0.3) is 0 Å². The molecule has 2 rings (SSSR count). The summed E-state index contributed by atoms with van der Waals surface area (Å²) in [4.78, 5) is 0.0855. The second-order valence-corrected chi connectivity index (χ2v) is 8.05. The minimum absolute atomic E-state index is 0.0665. The number of hydrogen-bond donors (Lipinski definition) is 1. The Morgan fingerprint density at radius 1 is 1.48 bits per heavy atom. The Morgan fingerprint density at radius 2 is 2.22 bits per heavy atom. The summed E-state index contributed by atoms with van der Waals surface area (Å²) in [7, 11) is -0.530. The molecule has 0 amide bonds. The van der Waals surface area contributed by atoms with E-state index in [0.717, 1.165) is 13.0 Å². The third kappa shape index (κ3) is 4.36. The van der Waals surface area contributed by atoms with Gasteiger partial charge >= 0.3 is 0 Å². The number of likely N-dealkylation sites (N-methyl/N-ethyl adjacent to an activating group) is 1. The number of methoxy groups -OCH3 is 1. The van der Waals surface area contributed by atoms with Gasteiger partial charge in [-0.15, -0.1) is 0 Å². The van der Waals surface area contributed by atoms with Crippen LogP contribution in [0.1, 0.15) is 13.3 Å². The highest BCUT2D eigenvalue weighted by Crippen LogP contribution is 2.31. The van der Waals surface area contributed by atoms with E-state index in [-0.39, 0.29) is 22.8 Å². The van der Waals surface area contributed by atoms with Gasteiger partial charge in [0.1, 0.15) is 16.7 Å². The van der Waals surface area contributed by atoms with Crippen LogP contribution in [0.3, 0.4) is 0 Å². The van der Waals surface area contributed by atoms with Gasteiger partial charge in [-0.25, -0.2) is 8.42 Å². The normalized spacial score (nSPS) is 20.0. The van der Waals surface area contributed by atoms with Gasteiger partial charge in [0.2, 0.25) is 10.0 Å². The number of sulfonamides is 1. The van der Waals surface area contributed by atoms with Crippen molar-refractivity contribution in [2.24, 2.45) is 0 Å². The van der Waals surface area contributed by atoms with Crippen molar-refractivity contribution >= 4 is 21.6 Å². The summed E-state index contributed by atoms with van der Waals surface area (Å²) in [5.41, 5.74) is 0. The molecule has 1 aliphatic heterocycles. The molecule has 8 heteroatoms. The lowest BCUT2D eigenvalue weighted by Crippen LogP contribution is -2.38. The Labute approximate surface area is 142 Å². The molecule has 1 aromatic rings. The summed E-state index contributed by atoms with van der Waals surface area (Å²) in [6.45, 7) is 3.64. The van der Waals surface area contributed by atoms with Gasteiger partial charge < -0.3 is 14.8 Å². The van der Waals surface area contributed by atoms with Crippen LogP contribution in [0.15, 0.2) is 23.1 Å². The molecule has 1 saturated heterocycles. The number of rotatable bonds is 7. The van der Waals surface area contributed by atoms with Gasteiger partial charge in [0, 0.05) is 31.8 Å². The summed E-state index contributed by atoms with van der Waals surface area (Å²) >= 11 is 6.01. The van der Waals surface area contributed by atoms with Gasteiger partial charge in [-0.1, -0.05) is 11.6 Å². The molecule has 1 N–H and O–H groups in total. The number of nitrogens with zero attached hydrogens (tertiary/aromatic N) is 1. The summed E-state index contributed by atoms with van der Waals surface area (Å²) in [6, 6.07) is 4.57. The van der Waals surface area contributed by atoms with Crippen molar-refractivity contribution in [2.45, 2.75) is 30.4 Å². The number of ether oxygens (including phenoxy) is 2. The molecule has 0 spiro atoms. The molecule has 130 valence electrons. The second-order valence-electron chi connectivity index (χ2n) is 5.64. The predicted molar refractivity (Wildman–Crippen MR) is 89.6 cm³/mol. The average Bonchev–Trinajstić information content (AvgIpc) is 3.02. The van der Waals surface area contributed by atoms with E-state index in [0.29, 0.717) is 18.2 Å². The molecule has 1 fully saturated rings. The third-order valence-electron chi connectivity index (χ3n) is 3.84. The van der Waals surface area contributed by atoms with Crippen molar-refractivity contribution in [2.75, 3.05) is 33.9 Å². The second kappa shape index (κ2) is 7.81. The van der Waals surface area contributed by atoms with E-state index >= 15 is 0 Å². The van der Waals surface area contributed by atoms with E-state index in [2.05, 4.69) is 5.32 Å². The molecule has 2 unspecified atom stereocenters. The van der Waals surface area contributed by atoms with E-state index in [9.17, 15) is 8.42 Å². The highest BCUT2D eigenvalue weighted by molar-refractivity contribution is 7.89. The molecular weight excluding hydrogens is 340 g/mol. The van der Waals surface area contributed by atoms with Gasteiger partial charge in [0.05, 0.1) is 6.61 Å². The van der Waals surface area contributed by atoms with Crippen molar-refractivity contribution < 1.29 is 17.9 Å². The molecule has 0 aromatic heterocycles. The molecule has 2 atom stereocenters. The number of nitrogens with one attached hydrogen (secondary N) is 1. The largest absolute Gasteiger partial charge is 0.487 e. The zero-order valence-electron chi connectivity index (χ0n) is 13.6. The first kappa shape index (κ1) is 18.5. The highest BCUT2D eigenvalue weighted by atomic mass is 35.5. The highest BCUT2D eigenvalue weighted by Gasteiger charge is 2.32. The summed E-state index contributed by atoms with van der Waals surface area (Å²) < 4.78 is 38.1.